The highest BCUT2D eigenvalue weighted by Crippen LogP contribution is 2.66. The summed E-state index contributed by atoms with van der Waals surface area (Å²) in [6, 6.07) is 28.3. The van der Waals surface area contributed by atoms with E-state index < -0.39 is 5.60 Å². The molecule has 0 radical (unpaired) electrons. The summed E-state index contributed by atoms with van der Waals surface area (Å²) >= 11 is 6.14. The van der Waals surface area contributed by atoms with E-state index in [1.165, 1.54) is 40.7 Å². The molecule has 5 heteroatoms. The van der Waals surface area contributed by atoms with Gasteiger partial charge in [-0.2, -0.15) is 0 Å². The van der Waals surface area contributed by atoms with Crippen molar-refractivity contribution in [2.75, 3.05) is 26.2 Å². The van der Waals surface area contributed by atoms with Gasteiger partial charge in [0.25, 0.3) is 0 Å². The first-order valence-corrected chi connectivity index (χ1v) is 19.9. The van der Waals surface area contributed by atoms with Gasteiger partial charge in [-0.3, -0.25) is 14.6 Å². The molecule has 1 aliphatic heterocycles. The zero-order valence-corrected chi connectivity index (χ0v) is 31.3. The molecule has 7 atom stereocenters. The summed E-state index contributed by atoms with van der Waals surface area (Å²) in [4.78, 5) is 16.9. The van der Waals surface area contributed by atoms with Gasteiger partial charge in [0.05, 0.1) is 6.04 Å². The van der Waals surface area contributed by atoms with Crippen LogP contribution in [0.15, 0.2) is 90.5 Å². The number of hydrogen-bond acceptors (Lipinski definition) is 4. The van der Waals surface area contributed by atoms with Crippen LogP contribution in [-0.4, -0.2) is 52.5 Å². The van der Waals surface area contributed by atoms with Crippen LogP contribution < -0.4 is 0 Å². The Kier molecular flexibility index (Phi) is 10.9. The van der Waals surface area contributed by atoms with E-state index in [-0.39, 0.29) is 11.5 Å². The second-order valence-corrected chi connectivity index (χ2v) is 16.5. The number of nitrogens with zero attached hydrogens (tertiary/aromatic N) is 2. The number of aryl methyl sites for hydroxylation is 1. The number of allylic oxidation sites excluding steroid dienone is 1. The van der Waals surface area contributed by atoms with Crippen molar-refractivity contribution < 1.29 is 9.90 Å². The fourth-order valence-corrected chi connectivity index (χ4v) is 11.2. The molecule has 3 aromatic carbocycles. The molecule has 0 aromatic heterocycles. The predicted octanol–water partition coefficient (Wildman–Crippen LogP) is 9.44. The summed E-state index contributed by atoms with van der Waals surface area (Å²) in [5, 5.41) is 11.9. The minimum atomic E-state index is -0.893. The number of terminal acetylenes is 1. The lowest BCUT2D eigenvalue weighted by Gasteiger charge is -2.55. The van der Waals surface area contributed by atoms with Crippen molar-refractivity contribution in [3.05, 3.63) is 118 Å². The first-order valence-electron chi connectivity index (χ1n) is 19.5. The van der Waals surface area contributed by atoms with Crippen molar-refractivity contribution in [2.24, 2.45) is 29.1 Å². The van der Waals surface area contributed by atoms with Crippen molar-refractivity contribution in [1.82, 2.24) is 9.80 Å². The zero-order valence-electron chi connectivity index (χ0n) is 30.6. The van der Waals surface area contributed by atoms with Gasteiger partial charge in [0.2, 0.25) is 0 Å². The molecule has 3 saturated carbocycles. The van der Waals surface area contributed by atoms with Crippen LogP contribution in [0.4, 0.5) is 0 Å². The van der Waals surface area contributed by atoms with E-state index in [9.17, 15) is 9.90 Å². The Morgan fingerprint density at radius 2 is 1.63 bits per heavy atom. The number of piperazine rings is 1. The molecule has 268 valence electrons. The number of rotatable bonds is 6. The minimum absolute atomic E-state index is 0.0609. The van der Waals surface area contributed by atoms with E-state index in [4.69, 9.17) is 18.0 Å². The molecule has 4 fully saturated rings. The monoisotopic (exact) mass is 702 g/mol. The van der Waals surface area contributed by atoms with E-state index in [1.807, 2.05) is 18.2 Å². The lowest BCUT2D eigenvalue weighted by atomic mass is 9.49. The van der Waals surface area contributed by atoms with E-state index in [1.54, 1.807) is 0 Å². The molecule has 1 heterocycles. The van der Waals surface area contributed by atoms with Crippen LogP contribution in [0.1, 0.15) is 93.0 Å². The van der Waals surface area contributed by atoms with Crippen LogP contribution in [0.2, 0.25) is 5.02 Å². The van der Waals surface area contributed by atoms with Crippen LogP contribution in [0, 0.1) is 48.4 Å². The van der Waals surface area contributed by atoms with Gasteiger partial charge in [0, 0.05) is 49.6 Å². The lowest BCUT2D eigenvalue weighted by Crippen LogP contribution is -2.53. The maximum absolute atomic E-state index is 11.8. The second-order valence-electron chi connectivity index (χ2n) is 16.1. The Bertz CT molecular complexity index is 1740. The maximum atomic E-state index is 11.8. The first kappa shape index (κ1) is 36.2. The predicted molar refractivity (Wildman–Crippen MR) is 208 cm³/mol. The summed E-state index contributed by atoms with van der Waals surface area (Å²) in [5.41, 5.74) is 5.87. The Hall–Kier alpha value is -3.20. The molecule has 51 heavy (non-hydrogen) atoms. The lowest BCUT2D eigenvalue weighted by molar-refractivity contribution is -0.117. The fraction of sp³-hybridized carbons (Fsp3) is 0.500. The third-order valence-electron chi connectivity index (χ3n) is 13.6. The highest BCUT2D eigenvalue weighted by Gasteiger charge is 2.63. The smallest absolute Gasteiger partial charge is 0.155 e. The summed E-state index contributed by atoms with van der Waals surface area (Å²) in [5.74, 6) is 5.73. The third-order valence-corrected chi connectivity index (χ3v) is 13.8. The van der Waals surface area contributed by atoms with Crippen molar-refractivity contribution in [3.8, 4) is 12.3 Å². The first-order chi connectivity index (χ1) is 24.7. The molecular formula is C46H55ClN2O2. The van der Waals surface area contributed by atoms with Crippen LogP contribution in [0.5, 0.6) is 0 Å². The minimum Gasteiger partial charge on any atom is -0.377 e. The van der Waals surface area contributed by atoms with Crippen molar-refractivity contribution in [3.63, 3.8) is 0 Å². The average molecular weight is 703 g/mol. The van der Waals surface area contributed by atoms with Gasteiger partial charge in [0.15, 0.2) is 5.78 Å². The largest absolute Gasteiger partial charge is 0.377 e. The summed E-state index contributed by atoms with van der Waals surface area (Å²) in [7, 11) is 0. The molecule has 5 aliphatic rings. The average Bonchev–Trinajstić information content (AvgIpc) is 3.46. The number of benzene rings is 3. The number of ketones is 1. The van der Waals surface area contributed by atoms with Gasteiger partial charge in [-0.25, -0.2) is 0 Å². The number of hydrogen-bond donors (Lipinski definition) is 1. The van der Waals surface area contributed by atoms with Crippen LogP contribution in [0.3, 0.4) is 0 Å². The van der Waals surface area contributed by atoms with E-state index in [0.717, 1.165) is 82.7 Å². The van der Waals surface area contributed by atoms with Crippen molar-refractivity contribution in [1.29, 1.82) is 0 Å². The standard InChI is InChI=1S/C25H27ClN2.C21H28O2/c1-20-6-5-7-21(18-20)19-27-14-16-28(17-15-27)25(22-8-3-2-4-9-22)23-10-12-24(26)13-11-23;1-3-20-11-9-17-16-8-6-15(22)13-14(16)5-7-18(17)19(20)10-12-21(20,23)4-2/h2-13,18,25H,14-17,19H2,1H3;2,13,16-19,23H,3,5-12H2,1H3/t;16-,17+,18+,19-,20-,21-/m.0/s1. The number of aliphatic hydroxyl groups is 1. The topological polar surface area (TPSA) is 43.8 Å². The summed E-state index contributed by atoms with van der Waals surface area (Å²) < 4.78 is 0. The fourth-order valence-electron chi connectivity index (χ4n) is 11.1. The zero-order chi connectivity index (χ0) is 35.6. The molecule has 4 nitrogen and oxygen atoms in total. The number of halogens is 1. The Morgan fingerprint density at radius 1 is 0.882 bits per heavy atom. The highest BCUT2D eigenvalue weighted by molar-refractivity contribution is 6.30. The molecule has 1 unspecified atom stereocenters. The van der Waals surface area contributed by atoms with E-state index >= 15 is 0 Å². The van der Waals surface area contributed by atoms with Crippen LogP contribution >= 0.6 is 11.6 Å². The van der Waals surface area contributed by atoms with Gasteiger partial charge < -0.3 is 5.11 Å². The Balaban J connectivity index is 0.000000162. The van der Waals surface area contributed by atoms with E-state index in [0.29, 0.717) is 29.5 Å². The SMILES string of the molecule is C#C[C@]1(O)CC[C@H]2[C@@H]3CCC4=CC(=O)CC[C@@H]4[C@H]3CC[C@@]21CC.Cc1cccc(CN2CCN(C(c3ccccc3)c3ccc(Cl)cc3)CC2)c1. The van der Waals surface area contributed by atoms with Crippen LogP contribution in [-0.2, 0) is 11.3 Å². The van der Waals surface area contributed by atoms with Crippen molar-refractivity contribution >= 4 is 17.4 Å². The van der Waals surface area contributed by atoms with Gasteiger partial charge >= 0.3 is 0 Å². The van der Waals surface area contributed by atoms with E-state index in [2.05, 4.69) is 96.3 Å². The number of carbonyl (C=O) groups is 1. The normalized spacial score (nSPS) is 31.2. The molecule has 1 N–H and O–H groups in total. The van der Waals surface area contributed by atoms with Gasteiger partial charge in [-0.05, 0) is 117 Å². The molecular weight excluding hydrogens is 648 g/mol. The summed E-state index contributed by atoms with van der Waals surface area (Å²) in [6.07, 6.45) is 16.9. The Labute approximate surface area is 311 Å². The van der Waals surface area contributed by atoms with Gasteiger partial charge in [-0.1, -0.05) is 102 Å². The second kappa shape index (κ2) is 15.4. The molecule has 0 bridgehead atoms. The molecule has 3 aromatic rings. The molecule has 4 aliphatic carbocycles. The molecule has 8 rings (SSSR count). The molecule has 1 saturated heterocycles. The van der Waals surface area contributed by atoms with Crippen LogP contribution in [0.25, 0.3) is 0 Å². The Morgan fingerprint density at radius 3 is 2.33 bits per heavy atom. The highest BCUT2D eigenvalue weighted by atomic mass is 35.5. The third kappa shape index (κ3) is 7.25. The number of fused-ring (bicyclic) bond motifs is 5. The molecule has 0 amide bonds. The quantitative estimate of drug-likeness (QED) is 0.260. The maximum Gasteiger partial charge on any atom is 0.155 e. The number of carbonyl (C=O) groups excluding carboxylic acids is 1. The van der Waals surface area contributed by atoms with Gasteiger partial charge in [0.1, 0.15) is 5.60 Å². The van der Waals surface area contributed by atoms with Crippen molar-refractivity contribution in [2.45, 2.75) is 89.8 Å². The molecule has 0 spiro atoms. The summed E-state index contributed by atoms with van der Waals surface area (Å²) in [6.45, 7) is 9.72. The van der Waals surface area contributed by atoms with Gasteiger partial charge in [-0.15, -0.1) is 6.42 Å².